The predicted octanol–water partition coefficient (Wildman–Crippen LogP) is 2.64. The lowest BCUT2D eigenvalue weighted by Gasteiger charge is -2.25. The molecule has 0 bridgehead atoms. The van der Waals surface area contributed by atoms with Crippen LogP contribution in [0.5, 0.6) is 0 Å². The molecule has 1 heterocycles. The molecule has 1 fully saturated rings. The maximum Gasteiger partial charge on any atom is 0.307 e. The van der Waals surface area contributed by atoms with E-state index in [0.29, 0.717) is 5.25 Å². The van der Waals surface area contributed by atoms with Crippen LogP contribution in [-0.4, -0.2) is 22.1 Å². The van der Waals surface area contributed by atoms with Crippen LogP contribution < -0.4 is 0 Å². The number of aliphatic carboxylic acids is 1. The number of hydrogen-bond acceptors (Lipinski definition) is 3. The van der Waals surface area contributed by atoms with E-state index in [2.05, 4.69) is 0 Å². The highest BCUT2D eigenvalue weighted by molar-refractivity contribution is 8.77. The highest BCUT2D eigenvalue weighted by atomic mass is 33.1. The second-order valence-electron chi connectivity index (χ2n) is 2.95. The normalized spacial score (nSPS) is 26.6. The molecule has 1 rings (SSSR count). The summed E-state index contributed by atoms with van der Waals surface area (Å²) in [5.74, 6) is 0.414. The van der Waals surface area contributed by atoms with Crippen LogP contribution in [0.15, 0.2) is 0 Å². The Labute approximate surface area is 80.9 Å². The smallest absolute Gasteiger partial charge is 0.307 e. The van der Waals surface area contributed by atoms with E-state index in [0.717, 1.165) is 12.8 Å². The molecule has 1 N–H and O–H groups in total. The van der Waals surface area contributed by atoms with E-state index < -0.39 is 5.97 Å². The summed E-state index contributed by atoms with van der Waals surface area (Å²) in [5.41, 5.74) is 0. The predicted molar refractivity (Wildman–Crippen MR) is 54.5 cm³/mol. The number of hydrogen-bond donors (Lipinski definition) is 1. The third-order valence-electron chi connectivity index (χ3n) is 2.11. The zero-order valence-electron chi connectivity index (χ0n) is 7.16. The van der Waals surface area contributed by atoms with Gasteiger partial charge < -0.3 is 5.11 Å². The van der Waals surface area contributed by atoms with Gasteiger partial charge in [-0.3, -0.25) is 4.79 Å². The summed E-state index contributed by atoms with van der Waals surface area (Å²) >= 11 is 0. The van der Waals surface area contributed by atoms with Gasteiger partial charge in [-0.25, -0.2) is 0 Å². The first-order valence-electron chi connectivity index (χ1n) is 4.26. The van der Waals surface area contributed by atoms with E-state index in [-0.39, 0.29) is 5.92 Å². The van der Waals surface area contributed by atoms with Crippen LogP contribution in [0.25, 0.3) is 0 Å². The van der Waals surface area contributed by atoms with Crippen molar-refractivity contribution < 1.29 is 9.90 Å². The molecule has 0 aromatic heterocycles. The Morgan fingerprint density at radius 3 is 2.92 bits per heavy atom. The van der Waals surface area contributed by atoms with Crippen molar-refractivity contribution in [3.8, 4) is 0 Å². The topological polar surface area (TPSA) is 37.3 Å². The van der Waals surface area contributed by atoms with Gasteiger partial charge in [-0.2, -0.15) is 0 Å². The fraction of sp³-hybridized carbons (Fsp3) is 0.875. The maximum atomic E-state index is 10.8. The zero-order chi connectivity index (χ0) is 8.97. The Balaban J connectivity index is 2.46. The first-order valence-corrected chi connectivity index (χ1v) is 6.65. The zero-order valence-corrected chi connectivity index (χ0v) is 8.79. The van der Waals surface area contributed by atoms with Crippen LogP contribution in [0.2, 0.25) is 0 Å². The van der Waals surface area contributed by atoms with Crippen molar-refractivity contribution in [2.75, 3.05) is 5.75 Å². The van der Waals surface area contributed by atoms with Crippen LogP contribution in [0.4, 0.5) is 0 Å². The minimum absolute atomic E-state index is 0.136. The number of rotatable bonds is 3. The maximum absolute atomic E-state index is 10.8. The molecular weight excluding hydrogens is 192 g/mol. The lowest BCUT2D eigenvalue weighted by Crippen LogP contribution is -2.26. The van der Waals surface area contributed by atoms with Crippen LogP contribution in [0.1, 0.15) is 26.2 Å². The van der Waals surface area contributed by atoms with Crippen LogP contribution in [0, 0.1) is 5.92 Å². The molecule has 2 nitrogen and oxygen atoms in total. The monoisotopic (exact) mass is 206 g/mol. The van der Waals surface area contributed by atoms with Crippen LogP contribution >= 0.6 is 21.6 Å². The molecule has 2 atom stereocenters. The standard InChI is InChI=1S/C8H14O2S2/c1-2-6(8(9)10)7-4-3-5-11-12-7/h6-7H,2-5H2,1H3,(H,9,10). The fourth-order valence-corrected chi connectivity index (χ4v) is 4.51. The molecule has 0 aromatic carbocycles. The molecule has 0 saturated carbocycles. The first kappa shape index (κ1) is 10.3. The summed E-state index contributed by atoms with van der Waals surface area (Å²) in [6, 6.07) is 0. The van der Waals surface area contributed by atoms with Gasteiger partial charge in [-0.1, -0.05) is 28.5 Å². The Morgan fingerprint density at radius 2 is 2.50 bits per heavy atom. The van der Waals surface area contributed by atoms with E-state index in [4.69, 9.17) is 5.11 Å². The van der Waals surface area contributed by atoms with Gasteiger partial charge in [0.2, 0.25) is 0 Å². The van der Waals surface area contributed by atoms with Gasteiger partial charge in [0.25, 0.3) is 0 Å². The fourth-order valence-electron chi connectivity index (χ4n) is 1.39. The van der Waals surface area contributed by atoms with E-state index >= 15 is 0 Å². The Kier molecular flexibility index (Phi) is 4.29. The van der Waals surface area contributed by atoms with Crippen molar-refractivity contribution in [1.29, 1.82) is 0 Å². The van der Waals surface area contributed by atoms with Gasteiger partial charge in [-0.05, 0) is 19.3 Å². The molecule has 0 aromatic rings. The number of carbonyl (C=O) groups is 1. The van der Waals surface area contributed by atoms with Gasteiger partial charge in [0.15, 0.2) is 0 Å². The summed E-state index contributed by atoms with van der Waals surface area (Å²) in [6.07, 6.45) is 3.00. The molecule has 1 saturated heterocycles. The van der Waals surface area contributed by atoms with Crippen molar-refractivity contribution in [2.24, 2.45) is 5.92 Å². The highest BCUT2D eigenvalue weighted by Crippen LogP contribution is 2.40. The molecule has 0 spiro atoms. The second-order valence-corrected chi connectivity index (χ2v) is 5.68. The van der Waals surface area contributed by atoms with E-state index in [1.54, 1.807) is 10.8 Å². The van der Waals surface area contributed by atoms with E-state index in [9.17, 15) is 4.79 Å². The lowest BCUT2D eigenvalue weighted by atomic mass is 9.99. The molecule has 12 heavy (non-hydrogen) atoms. The first-order chi connectivity index (χ1) is 5.75. The molecule has 0 amide bonds. The molecule has 70 valence electrons. The van der Waals surface area contributed by atoms with E-state index in [1.807, 2.05) is 17.7 Å². The summed E-state index contributed by atoms with van der Waals surface area (Å²) in [7, 11) is 3.58. The van der Waals surface area contributed by atoms with Crippen molar-refractivity contribution >= 4 is 27.6 Å². The van der Waals surface area contributed by atoms with Crippen LogP contribution in [0.3, 0.4) is 0 Å². The molecule has 2 unspecified atom stereocenters. The Morgan fingerprint density at radius 1 is 1.75 bits per heavy atom. The minimum Gasteiger partial charge on any atom is -0.481 e. The third-order valence-corrected chi connectivity index (χ3v) is 5.17. The van der Waals surface area contributed by atoms with Crippen molar-refractivity contribution in [3.05, 3.63) is 0 Å². The van der Waals surface area contributed by atoms with Gasteiger partial charge in [-0.15, -0.1) is 0 Å². The van der Waals surface area contributed by atoms with Gasteiger partial charge in [0, 0.05) is 11.0 Å². The van der Waals surface area contributed by atoms with Gasteiger partial charge in [0.1, 0.15) is 0 Å². The third kappa shape index (κ3) is 2.59. The average Bonchev–Trinajstić information content (AvgIpc) is 2.07. The molecular formula is C8H14O2S2. The average molecular weight is 206 g/mol. The lowest BCUT2D eigenvalue weighted by molar-refractivity contribution is -0.141. The number of carboxylic acids is 1. The molecule has 4 heteroatoms. The molecule has 1 aliphatic heterocycles. The summed E-state index contributed by atoms with van der Waals surface area (Å²) < 4.78 is 0. The van der Waals surface area contributed by atoms with Crippen LogP contribution in [-0.2, 0) is 4.79 Å². The summed E-state index contributed by atoms with van der Waals surface area (Å²) in [6.45, 7) is 1.96. The summed E-state index contributed by atoms with van der Waals surface area (Å²) in [4.78, 5) is 10.8. The molecule has 1 aliphatic rings. The molecule has 0 aliphatic carbocycles. The van der Waals surface area contributed by atoms with Crippen molar-refractivity contribution in [3.63, 3.8) is 0 Å². The van der Waals surface area contributed by atoms with E-state index in [1.165, 1.54) is 12.2 Å². The largest absolute Gasteiger partial charge is 0.481 e. The Hall–Kier alpha value is 0.170. The quantitative estimate of drug-likeness (QED) is 0.720. The second kappa shape index (κ2) is 5.02. The van der Waals surface area contributed by atoms with Crippen molar-refractivity contribution in [2.45, 2.75) is 31.4 Å². The van der Waals surface area contributed by atoms with Crippen molar-refractivity contribution in [1.82, 2.24) is 0 Å². The minimum atomic E-state index is -0.627. The molecule has 0 radical (unpaired) electrons. The summed E-state index contributed by atoms with van der Waals surface area (Å²) in [5, 5.41) is 9.24. The SMILES string of the molecule is CCC(C(=O)O)C1CCCSS1. The highest BCUT2D eigenvalue weighted by Gasteiger charge is 2.28. The van der Waals surface area contributed by atoms with Gasteiger partial charge in [0.05, 0.1) is 5.92 Å². The number of carboxylic acid groups (broad SMARTS) is 1. The van der Waals surface area contributed by atoms with Gasteiger partial charge >= 0.3 is 5.97 Å². The Bertz CT molecular complexity index is 155.